The van der Waals surface area contributed by atoms with Gasteiger partial charge in [-0.05, 0) is 0 Å². The van der Waals surface area contributed by atoms with Crippen molar-refractivity contribution in [2.45, 2.75) is 18.4 Å². The Morgan fingerprint density at radius 3 is 2.19 bits per heavy atom. The monoisotopic (exact) mass is 333 g/mol. The average molecular weight is 333 g/mol. The van der Waals surface area contributed by atoms with E-state index >= 15 is 0 Å². The first kappa shape index (κ1) is 12.3. The minimum atomic E-state index is -0.843. The van der Waals surface area contributed by atoms with Crippen LogP contribution in [0.1, 0.15) is 18.4 Å². The van der Waals surface area contributed by atoms with Crippen LogP contribution in [0.15, 0.2) is 30.3 Å². The Morgan fingerprint density at radius 2 is 1.69 bits per heavy atom. The van der Waals surface area contributed by atoms with Gasteiger partial charge in [-0.15, -0.1) is 0 Å². The number of piperidine rings is 1. The Balaban J connectivity index is 2.07. The number of hydrogen-bond donors (Lipinski definition) is 1. The van der Waals surface area contributed by atoms with Crippen LogP contribution in [0, 0.1) is 0 Å². The molecule has 1 N–H and O–H groups in total. The maximum absolute atomic E-state index is 10.6. The summed E-state index contributed by atoms with van der Waals surface area (Å²) in [4.78, 5) is 4.74. The summed E-state index contributed by atoms with van der Waals surface area (Å²) in [5, 5.41) is 10.6. The van der Waals surface area contributed by atoms with Gasteiger partial charge in [-0.3, -0.25) is 0 Å². The molecule has 0 aliphatic carbocycles. The van der Waals surface area contributed by atoms with E-state index in [-0.39, 0.29) is 0 Å². The van der Waals surface area contributed by atoms with Gasteiger partial charge in [0.2, 0.25) is 0 Å². The first-order chi connectivity index (χ1) is 7.62. The van der Waals surface area contributed by atoms with Gasteiger partial charge < -0.3 is 0 Å². The van der Waals surface area contributed by atoms with Crippen molar-refractivity contribution in [2.24, 2.45) is 0 Å². The number of halogens is 1. The van der Waals surface area contributed by atoms with E-state index in [1.54, 1.807) is 0 Å². The number of hydrogen-bond acceptors (Lipinski definition) is 2. The van der Waals surface area contributed by atoms with Crippen LogP contribution in [0.2, 0.25) is 0 Å². The zero-order valence-corrected chi connectivity index (χ0v) is 12.1. The predicted molar refractivity (Wildman–Crippen MR) is 77.0 cm³/mol. The normalized spacial score (nSPS) is 21.8. The first-order valence-corrected chi connectivity index (χ1v) is 10.9. The van der Waals surface area contributed by atoms with Crippen LogP contribution < -0.4 is 0 Å². The summed E-state index contributed by atoms with van der Waals surface area (Å²) in [5.41, 5.74) is 0.506. The molecule has 16 heavy (non-hydrogen) atoms. The first-order valence-electron chi connectivity index (χ1n) is 5.65. The van der Waals surface area contributed by atoms with Crippen LogP contribution in [0.4, 0.5) is 0 Å². The molecule has 0 aromatic heterocycles. The van der Waals surface area contributed by atoms with Crippen LogP contribution in [-0.2, 0) is 5.60 Å². The van der Waals surface area contributed by atoms with Gasteiger partial charge >= 0.3 is 106 Å². The van der Waals surface area contributed by atoms with Gasteiger partial charge in [-0.1, -0.05) is 0 Å². The van der Waals surface area contributed by atoms with Gasteiger partial charge in [0.1, 0.15) is 0 Å². The number of benzene rings is 1. The molecule has 1 aliphatic rings. The third-order valence-corrected chi connectivity index (χ3v) is 7.02. The van der Waals surface area contributed by atoms with Crippen molar-refractivity contribution in [1.29, 1.82) is 0 Å². The van der Waals surface area contributed by atoms with E-state index in [0.717, 1.165) is 31.5 Å². The second-order valence-electron chi connectivity index (χ2n) is 4.52. The minimum absolute atomic E-state index is 0.579. The fourth-order valence-electron chi connectivity index (χ4n) is 2.22. The zero-order valence-electron chi connectivity index (χ0n) is 9.99. The van der Waals surface area contributed by atoms with E-state index in [1.807, 2.05) is 30.3 Å². The summed E-state index contributed by atoms with van der Waals surface area (Å²) in [6, 6.07) is 10.1. The maximum atomic E-state index is 10.6. The molecule has 0 amide bonds. The predicted octanol–water partition coefficient (Wildman–Crippen LogP) is 2.65. The molecule has 0 atom stereocenters. The second-order valence-corrected chi connectivity index (χ2v) is 9.98. The topological polar surface area (TPSA) is 23.5 Å². The molecule has 2 nitrogen and oxygen atoms in total. The molecule has 0 saturated carbocycles. The summed E-state index contributed by atoms with van der Waals surface area (Å²) >= 11 is -0.843. The zero-order chi connectivity index (χ0) is 11.6. The van der Waals surface area contributed by atoms with E-state index in [1.165, 1.54) is 0 Å². The molecule has 1 heterocycles. The number of rotatable bonds is 2. The number of alkyl halides is 2. The van der Waals surface area contributed by atoms with Gasteiger partial charge in [0, 0.05) is 0 Å². The number of nitrogens with zero attached hydrogens (tertiary/aromatic N) is 1. The van der Waals surface area contributed by atoms with Crippen molar-refractivity contribution < 1.29 is 5.11 Å². The average Bonchev–Trinajstić information content (AvgIpc) is 2.31. The molecule has 90 valence electrons. The van der Waals surface area contributed by atoms with Gasteiger partial charge in [0.05, 0.1) is 0 Å². The Kier molecular flexibility index (Phi) is 3.87. The molecule has 0 spiro atoms. The van der Waals surface area contributed by atoms with Gasteiger partial charge in [0.25, 0.3) is 0 Å². The van der Waals surface area contributed by atoms with Crippen LogP contribution in [0.3, 0.4) is 0 Å². The van der Waals surface area contributed by atoms with Crippen molar-refractivity contribution >= 4 is 20.1 Å². The fraction of sp³-hybridized carbons (Fsp3) is 0.538. The van der Waals surface area contributed by atoms with E-state index < -0.39 is 25.7 Å². The molecular formula is C13H20INO. The van der Waals surface area contributed by atoms with Crippen molar-refractivity contribution in [1.82, 2.24) is 3.11 Å². The molecule has 1 aliphatic heterocycles. The Labute approximate surface area is 105 Å². The Bertz CT molecular complexity index is 331. The Hall–Kier alpha value is -0.130. The second kappa shape index (κ2) is 5.02. The number of aliphatic hydroxyl groups is 1. The van der Waals surface area contributed by atoms with Crippen molar-refractivity contribution in [3.63, 3.8) is 0 Å². The van der Waals surface area contributed by atoms with E-state index in [4.69, 9.17) is 0 Å². The molecule has 1 aromatic rings. The van der Waals surface area contributed by atoms with Crippen molar-refractivity contribution in [3.05, 3.63) is 35.9 Å². The Morgan fingerprint density at radius 1 is 1.12 bits per heavy atom. The summed E-state index contributed by atoms with van der Waals surface area (Å²) < 4.78 is 2.58. The fourth-order valence-corrected chi connectivity index (χ4v) is 4.64. The van der Waals surface area contributed by atoms with E-state index in [2.05, 4.69) is 13.0 Å². The summed E-state index contributed by atoms with van der Waals surface area (Å²) in [5.74, 6) is 0. The van der Waals surface area contributed by atoms with Gasteiger partial charge in [-0.25, -0.2) is 0 Å². The van der Waals surface area contributed by atoms with Crippen molar-refractivity contribution in [3.8, 4) is 0 Å². The molecule has 1 fully saturated rings. The summed E-state index contributed by atoms with van der Waals surface area (Å²) in [7, 11) is 0. The standard InChI is InChI=1S/C13H20INO/c1-14(2)15-10-8-13(16,9-11-15)12-6-4-3-5-7-12/h3-7,16H,8-11H2,1-2H3. The third kappa shape index (κ3) is 2.57. The molecule has 1 saturated heterocycles. The van der Waals surface area contributed by atoms with E-state index in [9.17, 15) is 5.11 Å². The van der Waals surface area contributed by atoms with E-state index in [0.29, 0.717) is 0 Å². The van der Waals surface area contributed by atoms with Crippen molar-refractivity contribution in [2.75, 3.05) is 23.0 Å². The van der Waals surface area contributed by atoms with Crippen LogP contribution >= 0.6 is 20.1 Å². The van der Waals surface area contributed by atoms with Gasteiger partial charge in [0.15, 0.2) is 0 Å². The molecule has 0 bridgehead atoms. The SMILES string of the molecule is CI(C)N1CCC(O)(c2ccccc2)CC1. The summed E-state index contributed by atoms with van der Waals surface area (Å²) in [6.07, 6.45) is 1.76. The molecule has 0 unspecified atom stereocenters. The molecular weight excluding hydrogens is 313 g/mol. The van der Waals surface area contributed by atoms with Crippen LogP contribution in [-0.4, -0.2) is 31.2 Å². The molecule has 3 heteroatoms. The molecule has 2 rings (SSSR count). The summed E-state index contributed by atoms with van der Waals surface area (Å²) in [6.45, 7) is 2.12. The molecule has 0 radical (unpaired) electrons. The molecule has 1 aromatic carbocycles. The van der Waals surface area contributed by atoms with Crippen LogP contribution in [0.5, 0.6) is 0 Å². The van der Waals surface area contributed by atoms with Crippen LogP contribution in [0.25, 0.3) is 0 Å². The quantitative estimate of drug-likeness (QED) is 0.511. The van der Waals surface area contributed by atoms with Gasteiger partial charge in [-0.2, -0.15) is 0 Å². The third-order valence-electron chi connectivity index (χ3n) is 3.33.